The largest absolute Gasteiger partial charge is 0.486 e. The first-order chi connectivity index (χ1) is 18.9. The first kappa shape index (κ1) is 26.6. The number of carbonyl (C=O) groups is 2. The van der Waals surface area contributed by atoms with E-state index in [1.807, 2.05) is 0 Å². The summed E-state index contributed by atoms with van der Waals surface area (Å²) in [4.78, 5) is 35.7. The van der Waals surface area contributed by atoms with Crippen LogP contribution >= 0.6 is 11.6 Å². The lowest BCUT2D eigenvalue weighted by Crippen LogP contribution is -2.39. The van der Waals surface area contributed by atoms with E-state index in [0.29, 0.717) is 53.5 Å². The predicted octanol–water partition coefficient (Wildman–Crippen LogP) is 3.73. The maximum absolute atomic E-state index is 13.7. The van der Waals surface area contributed by atoms with Crippen molar-refractivity contribution in [3.8, 4) is 5.75 Å². The van der Waals surface area contributed by atoms with Gasteiger partial charge in [-0.05, 0) is 24.3 Å². The molecular formula is C26H24ClFN4O7. The van der Waals surface area contributed by atoms with E-state index in [-0.39, 0.29) is 35.7 Å². The van der Waals surface area contributed by atoms with E-state index in [4.69, 9.17) is 35.3 Å². The molecule has 1 saturated heterocycles. The smallest absolute Gasteiger partial charge is 0.355 e. The van der Waals surface area contributed by atoms with Gasteiger partial charge in [-0.15, -0.1) is 0 Å². The Labute approximate surface area is 227 Å². The summed E-state index contributed by atoms with van der Waals surface area (Å²) in [5.74, 6) is -1.27. The highest BCUT2D eigenvalue weighted by molar-refractivity contribution is 6.31. The van der Waals surface area contributed by atoms with Gasteiger partial charge in [0.2, 0.25) is 0 Å². The third-order valence-corrected chi connectivity index (χ3v) is 6.49. The van der Waals surface area contributed by atoms with Crippen LogP contribution in [0.4, 0.5) is 21.6 Å². The van der Waals surface area contributed by atoms with Crippen LogP contribution in [0, 0.1) is 5.82 Å². The molecule has 2 aliphatic heterocycles. The summed E-state index contributed by atoms with van der Waals surface area (Å²) < 4.78 is 41.0. The molecule has 3 heterocycles. The van der Waals surface area contributed by atoms with Crippen molar-refractivity contribution < 1.29 is 37.7 Å². The molecule has 3 aromatic rings. The maximum Gasteiger partial charge on any atom is 0.355 e. The Bertz CT molecular complexity index is 1460. The molecule has 0 bridgehead atoms. The molecule has 2 aliphatic rings. The van der Waals surface area contributed by atoms with Gasteiger partial charge in [0.25, 0.3) is 0 Å². The van der Waals surface area contributed by atoms with Crippen LogP contribution < -0.4 is 15.0 Å². The fourth-order valence-corrected chi connectivity index (χ4v) is 4.49. The predicted molar refractivity (Wildman–Crippen MR) is 138 cm³/mol. The molecule has 1 atom stereocenters. The van der Waals surface area contributed by atoms with Crippen molar-refractivity contribution in [3.05, 3.63) is 58.8 Å². The lowest BCUT2D eigenvalue weighted by molar-refractivity contribution is -0.140. The molecule has 204 valence electrons. The van der Waals surface area contributed by atoms with Gasteiger partial charge in [-0.2, -0.15) is 0 Å². The standard InChI is InChI=1S/C26H24ClFN4O7/c1-35-25(33)17-11-38-13-32(23(17)26(34)36-2)21-8-16-20(9-22(21)39-15-5-6-37-10-15)29-12-30-24(16)31-14-3-4-19(28)18(27)7-14/h3-4,7-9,12,15H,5-6,10-11,13H2,1-2H3,(H,29,30,31). The van der Waals surface area contributed by atoms with E-state index in [2.05, 4.69) is 15.3 Å². The lowest BCUT2D eigenvalue weighted by atomic mass is 10.1. The topological polar surface area (TPSA) is 121 Å². The Morgan fingerprint density at radius 2 is 1.95 bits per heavy atom. The molecule has 0 aliphatic carbocycles. The van der Waals surface area contributed by atoms with Crippen molar-refractivity contribution in [1.29, 1.82) is 0 Å². The van der Waals surface area contributed by atoms with Crippen LogP contribution in [0.5, 0.6) is 5.75 Å². The molecule has 0 saturated carbocycles. The van der Waals surface area contributed by atoms with Crippen LogP contribution in [0.15, 0.2) is 47.9 Å². The monoisotopic (exact) mass is 558 g/mol. The number of methoxy groups -OCH3 is 2. The summed E-state index contributed by atoms with van der Waals surface area (Å²) in [5.41, 5.74) is 1.36. The number of fused-ring (bicyclic) bond motifs is 1. The minimum Gasteiger partial charge on any atom is -0.486 e. The average molecular weight is 559 g/mol. The quantitative estimate of drug-likeness (QED) is 0.427. The number of hydrogen-bond acceptors (Lipinski definition) is 11. The summed E-state index contributed by atoms with van der Waals surface area (Å²) >= 11 is 5.96. The second kappa shape index (κ2) is 11.4. The fourth-order valence-electron chi connectivity index (χ4n) is 4.31. The Morgan fingerprint density at radius 3 is 2.67 bits per heavy atom. The summed E-state index contributed by atoms with van der Waals surface area (Å²) in [5, 5.41) is 3.61. The number of ether oxygens (including phenoxy) is 5. The Kier molecular flexibility index (Phi) is 7.77. The summed E-state index contributed by atoms with van der Waals surface area (Å²) in [6.07, 6.45) is 1.80. The van der Waals surface area contributed by atoms with Crippen molar-refractivity contribution >= 4 is 51.6 Å². The van der Waals surface area contributed by atoms with Crippen LogP contribution in [0.3, 0.4) is 0 Å². The van der Waals surface area contributed by atoms with E-state index in [0.717, 1.165) is 0 Å². The van der Waals surface area contributed by atoms with E-state index in [1.54, 1.807) is 12.1 Å². The average Bonchev–Trinajstić information content (AvgIpc) is 3.46. The van der Waals surface area contributed by atoms with Crippen molar-refractivity contribution in [2.75, 3.05) is 51.0 Å². The van der Waals surface area contributed by atoms with Crippen LogP contribution in [-0.2, 0) is 28.5 Å². The molecule has 2 aromatic carbocycles. The maximum atomic E-state index is 13.7. The zero-order chi connectivity index (χ0) is 27.5. The number of aromatic nitrogens is 2. The Hall–Kier alpha value is -4.00. The molecule has 13 heteroatoms. The third-order valence-electron chi connectivity index (χ3n) is 6.20. The molecule has 5 rings (SSSR count). The molecule has 0 amide bonds. The Balaban J connectivity index is 1.67. The van der Waals surface area contributed by atoms with E-state index in [1.165, 1.54) is 43.6 Å². The second-order valence-corrected chi connectivity index (χ2v) is 9.04. The molecule has 0 radical (unpaired) electrons. The molecule has 1 N–H and O–H groups in total. The molecular weight excluding hydrogens is 535 g/mol. The molecule has 39 heavy (non-hydrogen) atoms. The number of rotatable bonds is 7. The minimum absolute atomic E-state index is 0.00513. The van der Waals surface area contributed by atoms with Crippen molar-refractivity contribution in [2.45, 2.75) is 12.5 Å². The van der Waals surface area contributed by atoms with Gasteiger partial charge in [0.15, 0.2) is 0 Å². The molecule has 11 nitrogen and oxygen atoms in total. The highest BCUT2D eigenvalue weighted by Crippen LogP contribution is 2.40. The van der Waals surface area contributed by atoms with Crippen molar-refractivity contribution in [1.82, 2.24) is 9.97 Å². The number of nitrogens with zero attached hydrogens (tertiary/aromatic N) is 3. The van der Waals surface area contributed by atoms with Crippen molar-refractivity contribution in [2.24, 2.45) is 0 Å². The van der Waals surface area contributed by atoms with Gasteiger partial charge in [-0.25, -0.2) is 23.9 Å². The SMILES string of the molecule is COC(=O)C1=C(C(=O)OC)N(c2cc3c(Nc4ccc(F)c(Cl)c4)ncnc3cc2OC2CCOC2)COC1. The zero-order valence-electron chi connectivity index (χ0n) is 21.0. The fraction of sp³-hybridized carbons (Fsp3) is 0.308. The van der Waals surface area contributed by atoms with Crippen LogP contribution in [-0.4, -0.2) is 68.8 Å². The first-order valence-electron chi connectivity index (χ1n) is 11.9. The summed E-state index contributed by atoms with van der Waals surface area (Å²) in [6, 6.07) is 7.60. The Morgan fingerprint density at radius 1 is 1.13 bits per heavy atom. The second-order valence-electron chi connectivity index (χ2n) is 8.63. The number of hydrogen-bond donors (Lipinski definition) is 1. The van der Waals surface area contributed by atoms with Gasteiger partial charge >= 0.3 is 11.9 Å². The molecule has 1 aromatic heterocycles. The zero-order valence-corrected chi connectivity index (χ0v) is 21.8. The number of benzene rings is 2. The van der Waals surface area contributed by atoms with Crippen LogP contribution in [0.25, 0.3) is 10.9 Å². The summed E-state index contributed by atoms with van der Waals surface area (Å²) in [7, 11) is 2.43. The van der Waals surface area contributed by atoms with E-state index >= 15 is 0 Å². The third kappa shape index (κ3) is 5.44. The lowest BCUT2D eigenvalue weighted by Gasteiger charge is -2.33. The molecule has 1 unspecified atom stereocenters. The normalized spacial score (nSPS) is 17.3. The van der Waals surface area contributed by atoms with Gasteiger partial charge in [-0.3, -0.25) is 0 Å². The minimum atomic E-state index is -0.752. The number of esters is 2. The molecule has 0 spiro atoms. The number of anilines is 3. The van der Waals surface area contributed by atoms with Gasteiger partial charge < -0.3 is 33.9 Å². The van der Waals surface area contributed by atoms with Gasteiger partial charge in [0.1, 0.15) is 42.2 Å². The number of nitrogens with one attached hydrogen (secondary N) is 1. The first-order valence-corrected chi connectivity index (χ1v) is 12.3. The van der Waals surface area contributed by atoms with Gasteiger partial charge in [-0.1, -0.05) is 11.6 Å². The summed E-state index contributed by atoms with van der Waals surface area (Å²) in [6.45, 7) is 0.715. The van der Waals surface area contributed by atoms with E-state index in [9.17, 15) is 14.0 Å². The van der Waals surface area contributed by atoms with Gasteiger partial charge in [0, 0.05) is 23.6 Å². The number of carbonyl (C=O) groups excluding carboxylic acids is 2. The van der Waals surface area contributed by atoms with Gasteiger partial charge in [0.05, 0.1) is 55.8 Å². The van der Waals surface area contributed by atoms with Crippen LogP contribution in [0.2, 0.25) is 5.02 Å². The number of halogens is 2. The highest BCUT2D eigenvalue weighted by Gasteiger charge is 2.34. The highest BCUT2D eigenvalue weighted by atomic mass is 35.5. The van der Waals surface area contributed by atoms with Crippen LogP contribution in [0.1, 0.15) is 6.42 Å². The van der Waals surface area contributed by atoms with Crippen molar-refractivity contribution in [3.63, 3.8) is 0 Å². The van der Waals surface area contributed by atoms with E-state index < -0.39 is 17.8 Å². The molecule has 1 fully saturated rings.